The van der Waals surface area contributed by atoms with Crippen LogP contribution in [0.5, 0.6) is 11.5 Å². The van der Waals surface area contributed by atoms with E-state index in [0.717, 1.165) is 16.8 Å². The summed E-state index contributed by atoms with van der Waals surface area (Å²) in [4.78, 5) is 17.6. The Bertz CT molecular complexity index is 1140. The van der Waals surface area contributed by atoms with Gasteiger partial charge in [-0.15, -0.1) is 11.3 Å². The number of amides is 1. The molecule has 30 heavy (non-hydrogen) atoms. The van der Waals surface area contributed by atoms with Crippen molar-refractivity contribution in [1.29, 1.82) is 0 Å². The maximum absolute atomic E-state index is 13.0. The molecule has 7 heteroatoms. The van der Waals surface area contributed by atoms with Crippen molar-refractivity contribution in [2.45, 2.75) is 13.8 Å². The number of rotatable bonds is 6. The van der Waals surface area contributed by atoms with Gasteiger partial charge in [0.15, 0.2) is 11.5 Å². The summed E-state index contributed by atoms with van der Waals surface area (Å²) in [5.41, 5.74) is 3.83. The van der Waals surface area contributed by atoms with Gasteiger partial charge in [0.25, 0.3) is 5.91 Å². The van der Waals surface area contributed by atoms with E-state index in [2.05, 4.69) is 10.1 Å². The number of aromatic nitrogens is 1. The second kappa shape index (κ2) is 8.51. The van der Waals surface area contributed by atoms with E-state index in [9.17, 15) is 4.79 Å². The Hall–Kier alpha value is -3.45. The second-order valence-electron chi connectivity index (χ2n) is 6.59. The van der Waals surface area contributed by atoms with E-state index in [1.807, 2.05) is 73.8 Å². The molecule has 0 radical (unpaired) electrons. The minimum atomic E-state index is -0.200. The summed E-state index contributed by atoms with van der Waals surface area (Å²) in [7, 11) is 1.59. The zero-order valence-corrected chi connectivity index (χ0v) is 17.8. The Morgan fingerprint density at radius 2 is 1.93 bits per heavy atom. The highest BCUT2D eigenvalue weighted by atomic mass is 32.1. The molecule has 1 aliphatic heterocycles. The lowest BCUT2D eigenvalue weighted by molar-refractivity contribution is -0.114. The maximum Gasteiger partial charge on any atom is 0.282 e. The molecule has 0 saturated heterocycles. The molecule has 3 aromatic rings. The summed E-state index contributed by atoms with van der Waals surface area (Å²) in [6.07, 6.45) is 1.81. The minimum Gasteiger partial charge on any atom is -0.493 e. The average Bonchev–Trinajstić information content (AvgIpc) is 3.36. The van der Waals surface area contributed by atoms with E-state index >= 15 is 0 Å². The molecule has 0 bridgehead atoms. The first-order valence-electron chi connectivity index (χ1n) is 9.54. The van der Waals surface area contributed by atoms with Gasteiger partial charge in [0.1, 0.15) is 0 Å². The normalized spacial score (nSPS) is 14.9. The van der Waals surface area contributed by atoms with Crippen LogP contribution in [0.3, 0.4) is 0 Å². The SMILES string of the molecule is CCOc1ccc(C=C2C(=O)N(c3nc(-c4ccccc4)cs3)N=C2C)cc1OC. The zero-order valence-electron chi connectivity index (χ0n) is 17.0. The fourth-order valence-electron chi connectivity index (χ4n) is 3.13. The number of ether oxygens (including phenoxy) is 2. The Morgan fingerprint density at radius 1 is 1.13 bits per heavy atom. The Kier molecular flexibility index (Phi) is 5.63. The van der Waals surface area contributed by atoms with Gasteiger partial charge in [-0.25, -0.2) is 4.98 Å². The van der Waals surface area contributed by atoms with Crippen molar-refractivity contribution >= 4 is 34.2 Å². The molecule has 0 atom stereocenters. The van der Waals surface area contributed by atoms with Crippen LogP contribution in [0.4, 0.5) is 5.13 Å². The van der Waals surface area contributed by atoms with Gasteiger partial charge < -0.3 is 9.47 Å². The third-order valence-corrected chi connectivity index (χ3v) is 5.42. The number of nitrogens with zero attached hydrogens (tertiary/aromatic N) is 3. The van der Waals surface area contributed by atoms with Gasteiger partial charge in [-0.2, -0.15) is 10.1 Å². The second-order valence-corrected chi connectivity index (χ2v) is 7.42. The lowest BCUT2D eigenvalue weighted by Crippen LogP contribution is -2.21. The Morgan fingerprint density at radius 3 is 2.67 bits per heavy atom. The Labute approximate surface area is 179 Å². The van der Waals surface area contributed by atoms with Crippen molar-refractivity contribution in [3.63, 3.8) is 0 Å². The lowest BCUT2D eigenvalue weighted by atomic mass is 10.1. The van der Waals surface area contributed by atoms with Gasteiger partial charge in [0.05, 0.1) is 30.7 Å². The summed E-state index contributed by atoms with van der Waals surface area (Å²) >= 11 is 1.39. The molecule has 0 unspecified atom stereocenters. The summed E-state index contributed by atoms with van der Waals surface area (Å²) < 4.78 is 11.0. The summed E-state index contributed by atoms with van der Waals surface area (Å²) in [6, 6.07) is 15.4. The van der Waals surface area contributed by atoms with Gasteiger partial charge in [0, 0.05) is 10.9 Å². The predicted octanol–water partition coefficient (Wildman–Crippen LogP) is 5.02. The third kappa shape index (κ3) is 3.84. The topological polar surface area (TPSA) is 64.0 Å². The number of carbonyl (C=O) groups excluding carboxylic acids is 1. The molecular weight excluding hydrogens is 398 g/mol. The fraction of sp³-hybridized carbons (Fsp3) is 0.174. The number of methoxy groups -OCH3 is 1. The van der Waals surface area contributed by atoms with Crippen molar-refractivity contribution < 1.29 is 14.3 Å². The van der Waals surface area contributed by atoms with E-state index in [1.165, 1.54) is 16.3 Å². The number of hydrogen-bond donors (Lipinski definition) is 0. The molecule has 1 aromatic heterocycles. The van der Waals surface area contributed by atoms with Gasteiger partial charge in [-0.05, 0) is 37.6 Å². The third-order valence-electron chi connectivity index (χ3n) is 4.60. The molecule has 4 rings (SSSR count). The van der Waals surface area contributed by atoms with Crippen molar-refractivity contribution in [1.82, 2.24) is 4.98 Å². The van der Waals surface area contributed by atoms with Crippen molar-refractivity contribution in [3.05, 3.63) is 65.0 Å². The standard InChI is InChI=1S/C23H21N3O3S/c1-4-29-20-11-10-16(13-21(20)28-3)12-18-15(2)25-26(22(18)27)23-24-19(14-30-23)17-8-6-5-7-9-17/h5-14H,4H2,1-3H3. The van der Waals surface area contributed by atoms with E-state index in [4.69, 9.17) is 9.47 Å². The molecule has 0 N–H and O–H groups in total. The summed E-state index contributed by atoms with van der Waals surface area (Å²) in [5, 5.41) is 8.28. The smallest absolute Gasteiger partial charge is 0.282 e. The molecule has 0 aliphatic carbocycles. The molecule has 0 fully saturated rings. The average molecular weight is 420 g/mol. The highest BCUT2D eigenvalue weighted by Gasteiger charge is 2.30. The Balaban J connectivity index is 1.60. The van der Waals surface area contributed by atoms with Crippen LogP contribution in [0.25, 0.3) is 17.3 Å². The van der Waals surface area contributed by atoms with Crippen molar-refractivity contribution in [2.24, 2.45) is 5.10 Å². The van der Waals surface area contributed by atoms with Gasteiger partial charge in [-0.3, -0.25) is 4.79 Å². The van der Waals surface area contributed by atoms with Crippen LogP contribution in [0.15, 0.2) is 64.6 Å². The molecule has 1 amide bonds. The van der Waals surface area contributed by atoms with Gasteiger partial charge in [0.2, 0.25) is 5.13 Å². The number of carbonyl (C=O) groups is 1. The monoisotopic (exact) mass is 419 g/mol. The number of benzene rings is 2. The van der Waals surface area contributed by atoms with E-state index in [-0.39, 0.29) is 5.91 Å². The molecule has 0 saturated carbocycles. The highest BCUT2D eigenvalue weighted by molar-refractivity contribution is 7.14. The van der Waals surface area contributed by atoms with Gasteiger partial charge >= 0.3 is 0 Å². The summed E-state index contributed by atoms with van der Waals surface area (Å²) in [5.74, 6) is 1.09. The first-order valence-corrected chi connectivity index (χ1v) is 10.4. The number of hydrazone groups is 1. The maximum atomic E-state index is 13.0. The molecule has 152 valence electrons. The molecule has 1 aliphatic rings. The van der Waals surface area contributed by atoms with Crippen LogP contribution in [0, 0.1) is 0 Å². The first-order chi connectivity index (χ1) is 14.6. The number of anilines is 1. The number of thiazole rings is 1. The van der Waals surface area contributed by atoms with Gasteiger partial charge in [-0.1, -0.05) is 36.4 Å². The van der Waals surface area contributed by atoms with Crippen molar-refractivity contribution in [2.75, 3.05) is 18.7 Å². The quantitative estimate of drug-likeness (QED) is 0.526. The fourth-order valence-corrected chi connectivity index (χ4v) is 3.91. The van der Waals surface area contributed by atoms with E-state index < -0.39 is 0 Å². The van der Waals surface area contributed by atoms with Crippen molar-refractivity contribution in [3.8, 4) is 22.8 Å². The minimum absolute atomic E-state index is 0.200. The highest BCUT2D eigenvalue weighted by Crippen LogP contribution is 2.33. The molecule has 6 nitrogen and oxygen atoms in total. The molecular formula is C23H21N3O3S. The van der Waals surface area contributed by atoms with Crippen LogP contribution in [0.2, 0.25) is 0 Å². The molecule has 0 spiro atoms. The number of hydrogen-bond acceptors (Lipinski definition) is 6. The largest absolute Gasteiger partial charge is 0.493 e. The van der Waals surface area contributed by atoms with Crippen LogP contribution in [0.1, 0.15) is 19.4 Å². The van der Waals surface area contributed by atoms with E-state index in [0.29, 0.717) is 34.5 Å². The first kappa shape index (κ1) is 19.8. The van der Waals surface area contributed by atoms with E-state index in [1.54, 1.807) is 7.11 Å². The molecule has 2 heterocycles. The van der Waals surface area contributed by atoms with Crippen LogP contribution in [-0.2, 0) is 4.79 Å². The lowest BCUT2D eigenvalue weighted by Gasteiger charge is -2.10. The summed E-state index contributed by atoms with van der Waals surface area (Å²) in [6.45, 7) is 4.29. The van der Waals surface area contributed by atoms with Crippen LogP contribution >= 0.6 is 11.3 Å². The van der Waals surface area contributed by atoms with Crippen LogP contribution in [-0.4, -0.2) is 30.3 Å². The van der Waals surface area contributed by atoms with Crippen LogP contribution < -0.4 is 14.5 Å². The zero-order chi connectivity index (χ0) is 21.1. The molecule has 2 aromatic carbocycles. The predicted molar refractivity (Wildman–Crippen MR) is 120 cm³/mol.